The molecule has 0 saturated heterocycles. The highest BCUT2D eigenvalue weighted by Gasteiger charge is 2.76. The number of ether oxygens (including phenoxy) is 1. The summed E-state index contributed by atoms with van der Waals surface area (Å²) in [5.74, 6) is -2.00. The van der Waals surface area contributed by atoms with Gasteiger partial charge in [0.1, 0.15) is 11.6 Å². The molecular formula is C20H32N2O7S. The second-order valence-electron chi connectivity index (χ2n) is 9.36. The molecule has 9 nitrogen and oxygen atoms in total. The van der Waals surface area contributed by atoms with Crippen LogP contribution in [-0.4, -0.2) is 57.8 Å². The Morgan fingerprint density at radius 1 is 1.20 bits per heavy atom. The Bertz CT molecular complexity index is 702. The second-order valence-corrected chi connectivity index (χ2v) is 10.3. The normalized spacial score (nSPS) is 28.4. The van der Waals surface area contributed by atoms with E-state index in [0.717, 1.165) is 25.0 Å². The number of carbonyl (C=O) groups excluding carboxylic acids is 2. The lowest BCUT2D eigenvalue weighted by atomic mass is 9.91. The predicted octanol–water partition coefficient (Wildman–Crippen LogP) is 1.94. The van der Waals surface area contributed by atoms with Gasteiger partial charge in [-0.2, -0.15) is 11.8 Å². The van der Waals surface area contributed by atoms with E-state index in [1.807, 2.05) is 6.26 Å². The number of hydrogen-bond donors (Lipinski definition) is 4. The third-order valence-electron chi connectivity index (χ3n) is 6.01. The van der Waals surface area contributed by atoms with Crippen molar-refractivity contribution in [1.29, 1.82) is 0 Å². The summed E-state index contributed by atoms with van der Waals surface area (Å²) in [6, 6.07) is -0.665. The van der Waals surface area contributed by atoms with Crippen molar-refractivity contribution < 1.29 is 34.1 Å². The Morgan fingerprint density at radius 3 is 2.20 bits per heavy atom. The Morgan fingerprint density at radius 2 is 1.80 bits per heavy atom. The number of alkyl carbamates (subject to hydrolysis) is 1. The molecule has 0 radical (unpaired) electrons. The van der Waals surface area contributed by atoms with Gasteiger partial charge in [0.25, 0.3) is 0 Å². The molecular weight excluding hydrogens is 412 g/mol. The number of carboxylic acid groups (broad SMARTS) is 2. The number of carboxylic acids is 2. The summed E-state index contributed by atoms with van der Waals surface area (Å²) < 4.78 is 5.03. The van der Waals surface area contributed by atoms with Crippen molar-refractivity contribution in [3.05, 3.63) is 0 Å². The molecule has 10 heteroatoms. The lowest BCUT2D eigenvalue weighted by molar-refractivity contribution is -0.144. The second kappa shape index (κ2) is 9.03. The lowest BCUT2D eigenvalue weighted by Crippen LogP contribution is -2.46. The summed E-state index contributed by atoms with van der Waals surface area (Å²) in [7, 11) is 0. The Balaban J connectivity index is 0.000000214. The van der Waals surface area contributed by atoms with Crippen LogP contribution in [0, 0.1) is 29.1 Å². The van der Waals surface area contributed by atoms with Gasteiger partial charge in [0.05, 0.1) is 11.8 Å². The van der Waals surface area contributed by atoms with Crippen LogP contribution < -0.4 is 11.1 Å². The molecule has 3 aliphatic rings. The number of rotatable bonds is 7. The minimum absolute atomic E-state index is 0.0625. The van der Waals surface area contributed by atoms with Crippen molar-refractivity contribution in [2.24, 2.45) is 34.8 Å². The maximum absolute atomic E-state index is 11.4. The molecule has 0 aliphatic heterocycles. The van der Waals surface area contributed by atoms with Crippen molar-refractivity contribution in [3.8, 4) is 0 Å². The van der Waals surface area contributed by atoms with Gasteiger partial charge >= 0.3 is 18.0 Å². The van der Waals surface area contributed by atoms with Gasteiger partial charge in [-0.3, -0.25) is 14.4 Å². The molecule has 5 atom stereocenters. The number of nitrogens with two attached hydrogens (primary N) is 1. The van der Waals surface area contributed by atoms with Crippen LogP contribution in [0.1, 0.15) is 46.5 Å². The molecule has 0 aromatic rings. The number of amides is 2. The summed E-state index contributed by atoms with van der Waals surface area (Å²) in [6.45, 7) is 5.27. The number of nitrogens with one attached hydrogen (secondary N) is 1. The maximum atomic E-state index is 11.4. The minimum atomic E-state index is -0.799. The van der Waals surface area contributed by atoms with Crippen LogP contribution in [-0.2, 0) is 19.1 Å². The first-order valence-corrected chi connectivity index (χ1v) is 11.5. The van der Waals surface area contributed by atoms with Crippen LogP contribution in [0.15, 0.2) is 0 Å². The van der Waals surface area contributed by atoms with Gasteiger partial charge < -0.3 is 26.0 Å². The van der Waals surface area contributed by atoms with Gasteiger partial charge in [-0.25, -0.2) is 4.79 Å². The summed E-state index contributed by atoms with van der Waals surface area (Å²) in [6.07, 6.45) is 4.63. The molecule has 0 bridgehead atoms. The van der Waals surface area contributed by atoms with Crippen molar-refractivity contribution in [2.45, 2.75) is 58.1 Å². The fourth-order valence-electron chi connectivity index (χ4n) is 4.57. The molecule has 2 amide bonds. The van der Waals surface area contributed by atoms with E-state index in [9.17, 15) is 19.2 Å². The maximum Gasteiger partial charge on any atom is 0.408 e. The van der Waals surface area contributed by atoms with Gasteiger partial charge in [-0.05, 0) is 75.7 Å². The highest BCUT2D eigenvalue weighted by atomic mass is 32.2. The molecule has 170 valence electrons. The molecule has 30 heavy (non-hydrogen) atoms. The SMILES string of the molecule is CSCCC(NC(=O)OC(C)(C)C)C(N)=O.O=C(O)C1CC2(CC2)C2C(C(=O)O)C12. The topological polar surface area (TPSA) is 156 Å². The average Bonchev–Trinajstić information content (AvgIpc) is 3.47. The Kier molecular flexibility index (Phi) is 7.32. The zero-order valence-electron chi connectivity index (χ0n) is 17.8. The van der Waals surface area contributed by atoms with Gasteiger partial charge in [0.2, 0.25) is 5.91 Å². The van der Waals surface area contributed by atoms with E-state index in [4.69, 9.17) is 20.7 Å². The fourth-order valence-corrected chi connectivity index (χ4v) is 5.05. The highest BCUT2D eigenvalue weighted by molar-refractivity contribution is 7.98. The van der Waals surface area contributed by atoms with E-state index in [2.05, 4.69) is 5.32 Å². The Labute approximate surface area is 180 Å². The average molecular weight is 445 g/mol. The van der Waals surface area contributed by atoms with Gasteiger partial charge in [-0.15, -0.1) is 0 Å². The van der Waals surface area contributed by atoms with Crippen molar-refractivity contribution >= 4 is 35.7 Å². The van der Waals surface area contributed by atoms with E-state index in [0.29, 0.717) is 6.42 Å². The van der Waals surface area contributed by atoms with Crippen LogP contribution in [0.4, 0.5) is 4.79 Å². The molecule has 3 saturated carbocycles. The zero-order valence-corrected chi connectivity index (χ0v) is 18.7. The number of primary amides is 1. The van der Waals surface area contributed by atoms with E-state index < -0.39 is 35.6 Å². The third kappa shape index (κ3) is 5.80. The van der Waals surface area contributed by atoms with Gasteiger partial charge in [0.15, 0.2) is 0 Å². The van der Waals surface area contributed by atoms with Crippen LogP contribution in [0.2, 0.25) is 0 Å². The van der Waals surface area contributed by atoms with E-state index in [1.165, 1.54) is 0 Å². The molecule has 5 N–H and O–H groups in total. The molecule has 3 aliphatic carbocycles. The number of aliphatic carboxylic acids is 2. The third-order valence-corrected chi connectivity index (χ3v) is 6.66. The lowest BCUT2D eigenvalue weighted by Gasteiger charge is -2.22. The standard InChI is InChI=1S/C10H20N2O3S.C10H12O4/c1-10(2,3)15-9(14)12-7(8(11)13)5-6-16-4;11-8(12)4-3-10(1-2-10)7-5(4)6(7)9(13)14/h7H,5-6H2,1-4H3,(H2,11,13)(H,12,14);4-7H,1-3H2,(H,11,12)(H,13,14). The summed E-state index contributed by atoms with van der Waals surface area (Å²) in [4.78, 5) is 44.2. The van der Waals surface area contributed by atoms with Gasteiger partial charge in [0, 0.05) is 0 Å². The molecule has 0 aromatic carbocycles. The van der Waals surface area contributed by atoms with E-state index in [-0.39, 0.29) is 29.1 Å². The highest BCUT2D eigenvalue weighted by Crippen LogP contribution is 2.77. The van der Waals surface area contributed by atoms with Crippen LogP contribution in [0.3, 0.4) is 0 Å². The van der Waals surface area contributed by atoms with E-state index >= 15 is 0 Å². The first-order valence-electron chi connectivity index (χ1n) is 10.1. The Hall–Kier alpha value is -1.97. The molecule has 5 unspecified atom stereocenters. The molecule has 3 rings (SSSR count). The molecule has 0 heterocycles. The zero-order chi connectivity index (χ0) is 22.9. The van der Waals surface area contributed by atoms with Crippen LogP contribution in [0.5, 0.6) is 0 Å². The molecule has 1 spiro atoms. The number of hydrogen-bond acceptors (Lipinski definition) is 6. The van der Waals surface area contributed by atoms with E-state index in [1.54, 1.807) is 32.5 Å². The smallest absolute Gasteiger partial charge is 0.408 e. The summed E-state index contributed by atoms with van der Waals surface area (Å²) >= 11 is 1.59. The fraction of sp³-hybridized carbons (Fsp3) is 0.800. The number of thioether (sulfide) groups is 1. The van der Waals surface area contributed by atoms with Crippen molar-refractivity contribution in [3.63, 3.8) is 0 Å². The molecule has 0 aromatic heterocycles. The van der Waals surface area contributed by atoms with Crippen LogP contribution in [0.25, 0.3) is 0 Å². The quantitative estimate of drug-likeness (QED) is 0.464. The first kappa shape index (κ1) is 24.3. The first-order chi connectivity index (χ1) is 13.8. The predicted molar refractivity (Wildman–Crippen MR) is 111 cm³/mol. The number of carbonyl (C=O) groups is 4. The summed E-state index contributed by atoms with van der Waals surface area (Å²) in [5, 5.41) is 20.4. The molecule has 3 fully saturated rings. The van der Waals surface area contributed by atoms with Crippen molar-refractivity contribution in [1.82, 2.24) is 5.32 Å². The van der Waals surface area contributed by atoms with Crippen LogP contribution >= 0.6 is 11.8 Å². The van der Waals surface area contributed by atoms with Crippen molar-refractivity contribution in [2.75, 3.05) is 12.0 Å². The number of fused-ring (bicyclic) bond motifs is 2. The summed E-state index contributed by atoms with van der Waals surface area (Å²) in [5.41, 5.74) is 4.72. The largest absolute Gasteiger partial charge is 0.481 e. The minimum Gasteiger partial charge on any atom is -0.481 e. The van der Waals surface area contributed by atoms with Gasteiger partial charge in [-0.1, -0.05) is 0 Å². The monoisotopic (exact) mass is 444 g/mol.